The van der Waals surface area contributed by atoms with Gasteiger partial charge in [-0.3, -0.25) is 9.69 Å². The second-order valence-electron chi connectivity index (χ2n) is 7.20. The van der Waals surface area contributed by atoms with Crippen LogP contribution in [-0.2, 0) is 6.54 Å². The molecule has 1 amide bonds. The summed E-state index contributed by atoms with van der Waals surface area (Å²) >= 11 is 0. The number of aryl methyl sites for hydroxylation is 1. The summed E-state index contributed by atoms with van der Waals surface area (Å²) in [7, 11) is 0. The molecule has 0 unspecified atom stereocenters. The molecule has 3 aromatic rings. The molecule has 28 heavy (non-hydrogen) atoms. The Morgan fingerprint density at radius 2 is 1.89 bits per heavy atom. The molecule has 0 atom stereocenters. The minimum Gasteiger partial charge on any atom is -0.349 e. The van der Waals surface area contributed by atoms with Crippen molar-refractivity contribution in [3.63, 3.8) is 0 Å². The fraction of sp³-hybridized carbons (Fsp3) is 0.333. The molecular formula is C21H24N6O. The fourth-order valence-corrected chi connectivity index (χ4v) is 3.59. The number of hydrogen-bond donors (Lipinski definition) is 1. The molecule has 144 valence electrons. The van der Waals surface area contributed by atoms with Gasteiger partial charge < -0.3 is 5.32 Å². The maximum absolute atomic E-state index is 12.7. The van der Waals surface area contributed by atoms with Gasteiger partial charge in [-0.25, -0.2) is 0 Å². The Bertz CT molecular complexity index is 931. The van der Waals surface area contributed by atoms with Gasteiger partial charge in [0.15, 0.2) is 5.82 Å². The van der Waals surface area contributed by atoms with Gasteiger partial charge in [0, 0.05) is 31.2 Å². The Kier molecular flexibility index (Phi) is 5.43. The number of piperidine rings is 1. The third-order valence-electron chi connectivity index (χ3n) is 5.15. The van der Waals surface area contributed by atoms with Gasteiger partial charge in [-0.05, 0) is 54.0 Å². The number of nitrogens with one attached hydrogen (secondary N) is 1. The number of hydrogen-bond acceptors (Lipinski definition) is 5. The van der Waals surface area contributed by atoms with Gasteiger partial charge in [-0.1, -0.05) is 36.4 Å². The fourth-order valence-electron chi connectivity index (χ4n) is 3.59. The molecule has 0 radical (unpaired) electrons. The number of tetrazole rings is 1. The molecule has 1 saturated heterocycles. The molecule has 0 spiro atoms. The third kappa shape index (κ3) is 4.26. The lowest BCUT2D eigenvalue weighted by Crippen LogP contribution is -2.44. The highest BCUT2D eigenvalue weighted by atomic mass is 16.1. The maximum atomic E-state index is 12.7. The van der Waals surface area contributed by atoms with Crippen molar-refractivity contribution >= 4 is 5.91 Å². The zero-order valence-electron chi connectivity index (χ0n) is 16.0. The zero-order chi connectivity index (χ0) is 19.3. The molecule has 2 aromatic carbocycles. The molecule has 7 heteroatoms. The van der Waals surface area contributed by atoms with Crippen molar-refractivity contribution in [1.82, 2.24) is 30.4 Å². The van der Waals surface area contributed by atoms with Crippen molar-refractivity contribution in [1.29, 1.82) is 0 Å². The van der Waals surface area contributed by atoms with E-state index in [0.717, 1.165) is 38.2 Å². The third-order valence-corrected chi connectivity index (χ3v) is 5.15. The Hall–Kier alpha value is -3.06. The van der Waals surface area contributed by atoms with Crippen LogP contribution in [0.5, 0.6) is 0 Å². The lowest BCUT2D eigenvalue weighted by Gasteiger charge is -2.32. The highest BCUT2D eigenvalue weighted by Gasteiger charge is 2.21. The van der Waals surface area contributed by atoms with Gasteiger partial charge in [0.1, 0.15) is 0 Å². The van der Waals surface area contributed by atoms with E-state index in [9.17, 15) is 4.79 Å². The molecular weight excluding hydrogens is 352 g/mol. The first-order valence-electron chi connectivity index (χ1n) is 9.61. The van der Waals surface area contributed by atoms with E-state index in [1.54, 1.807) is 4.68 Å². The normalized spacial score (nSPS) is 15.5. The van der Waals surface area contributed by atoms with Crippen molar-refractivity contribution in [2.75, 3.05) is 13.1 Å². The number of amides is 1. The van der Waals surface area contributed by atoms with Gasteiger partial charge in [0.2, 0.25) is 0 Å². The molecule has 4 rings (SSSR count). The zero-order valence-corrected chi connectivity index (χ0v) is 16.0. The van der Waals surface area contributed by atoms with E-state index < -0.39 is 0 Å². The molecule has 7 nitrogen and oxygen atoms in total. The summed E-state index contributed by atoms with van der Waals surface area (Å²) in [5.74, 6) is 0.637. The lowest BCUT2D eigenvalue weighted by atomic mass is 10.0. The molecule has 0 bridgehead atoms. The first-order valence-corrected chi connectivity index (χ1v) is 9.61. The summed E-state index contributed by atoms with van der Waals surface area (Å²) in [6, 6.07) is 18.1. The van der Waals surface area contributed by atoms with E-state index in [4.69, 9.17) is 0 Å². The average molecular weight is 376 g/mol. The standard InChI is InChI=1S/C21H24N6O/c1-16-23-24-25-27(16)20-9-5-8-18(14-20)21(28)22-19-10-12-26(13-11-19)15-17-6-3-2-4-7-17/h2-9,14,19H,10-13,15H2,1H3,(H,22,28). The summed E-state index contributed by atoms with van der Waals surface area (Å²) in [4.78, 5) is 15.2. The highest BCUT2D eigenvalue weighted by molar-refractivity contribution is 5.94. The maximum Gasteiger partial charge on any atom is 0.251 e. The van der Waals surface area contributed by atoms with Crippen LogP contribution in [-0.4, -0.2) is 50.1 Å². The Labute approximate surface area is 164 Å². The molecule has 1 fully saturated rings. The quantitative estimate of drug-likeness (QED) is 0.740. The van der Waals surface area contributed by atoms with Crippen LogP contribution in [0.25, 0.3) is 5.69 Å². The predicted molar refractivity (Wildman–Crippen MR) is 106 cm³/mol. The van der Waals surface area contributed by atoms with Gasteiger partial charge in [-0.2, -0.15) is 4.68 Å². The first kappa shape index (κ1) is 18.3. The highest BCUT2D eigenvalue weighted by Crippen LogP contribution is 2.15. The first-order chi connectivity index (χ1) is 13.7. The largest absolute Gasteiger partial charge is 0.349 e. The molecule has 1 aliphatic rings. The molecule has 1 N–H and O–H groups in total. The van der Waals surface area contributed by atoms with E-state index in [0.29, 0.717) is 11.4 Å². The minimum atomic E-state index is -0.0471. The molecule has 0 aliphatic carbocycles. The summed E-state index contributed by atoms with van der Waals surface area (Å²) < 4.78 is 1.62. The number of likely N-dealkylation sites (tertiary alicyclic amines) is 1. The topological polar surface area (TPSA) is 75.9 Å². The van der Waals surface area contributed by atoms with Crippen LogP contribution < -0.4 is 5.32 Å². The van der Waals surface area contributed by atoms with Crippen LogP contribution >= 0.6 is 0 Å². The van der Waals surface area contributed by atoms with Crippen molar-refractivity contribution in [3.05, 3.63) is 71.5 Å². The van der Waals surface area contributed by atoms with Gasteiger partial charge >= 0.3 is 0 Å². The molecule has 1 aliphatic heterocycles. The number of rotatable bonds is 5. The van der Waals surface area contributed by atoms with Crippen molar-refractivity contribution in [3.8, 4) is 5.69 Å². The average Bonchev–Trinajstić information content (AvgIpc) is 3.16. The van der Waals surface area contributed by atoms with Crippen LogP contribution in [0.15, 0.2) is 54.6 Å². The van der Waals surface area contributed by atoms with E-state index >= 15 is 0 Å². The van der Waals surface area contributed by atoms with Crippen molar-refractivity contribution < 1.29 is 4.79 Å². The Morgan fingerprint density at radius 3 is 2.61 bits per heavy atom. The number of nitrogens with zero attached hydrogens (tertiary/aromatic N) is 5. The van der Waals surface area contributed by atoms with Crippen molar-refractivity contribution in [2.24, 2.45) is 0 Å². The van der Waals surface area contributed by atoms with Gasteiger partial charge in [-0.15, -0.1) is 5.10 Å². The molecule has 0 saturated carbocycles. The van der Waals surface area contributed by atoms with Crippen LogP contribution in [0, 0.1) is 6.92 Å². The molecule has 2 heterocycles. The van der Waals surface area contributed by atoms with Crippen LogP contribution in [0.2, 0.25) is 0 Å². The smallest absolute Gasteiger partial charge is 0.251 e. The Morgan fingerprint density at radius 1 is 1.11 bits per heavy atom. The predicted octanol–water partition coefficient (Wildman–Crippen LogP) is 2.37. The minimum absolute atomic E-state index is 0.0471. The van der Waals surface area contributed by atoms with Gasteiger partial charge in [0.05, 0.1) is 5.69 Å². The summed E-state index contributed by atoms with van der Waals surface area (Å²) in [5.41, 5.74) is 2.74. The van der Waals surface area contributed by atoms with Crippen LogP contribution in [0.1, 0.15) is 34.6 Å². The number of carbonyl (C=O) groups excluding carboxylic acids is 1. The van der Waals surface area contributed by atoms with E-state index in [1.165, 1.54) is 5.56 Å². The second-order valence-corrected chi connectivity index (χ2v) is 7.20. The molecule has 1 aromatic heterocycles. The summed E-state index contributed by atoms with van der Waals surface area (Å²) in [5, 5.41) is 14.7. The van der Waals surface area contributed by atoms with E-state index in [2.05, 4.69) is 50.0 Å². The van der Waals surface area contributed by atoms with Crippen LogP contribution in [0.4, 0.5) is 0 Å². The number of aromatic nitrogens is 4. The Balaban J connectivity index is 1.33. The summed E-state index contributed by atoms with van der Waals surface area (Å²) in [6.45, 7) is 4.78. The monoisotopic (exact) mass is 376 g/mol. The second kappa shape index (κ2) is 8.31. The van der Waals surface area contributed by atoms with Crippen LogP contribution in [0.3, 0.4) is 0 Å². The number of carbonyl (C=O) groups is 1. The van der Waals surface area contributed by atoms with Gasteiger partial charge in [0.25, 0.3) is 5.91 Å². The summed E-state index contributed by atoms with van der Waals surface area (Å²) in [6.07, 6.45) is 1.93. The van der Waals surface area contributed by atoms with Crippen molar-refractivity contribution in [2.45, 2.75) is 32.4 Å². The van der Waals surface area contributed by atoms with E-state index in [-0.39, 0.29) is 11.9 Å². The number of benzene rings is 2. The van der Waals surface area contributed by atoms with E-state index in [1.807, 2.05) is 37.3 Å². The lowest BCUT2D eigenvalue weighted by molar-refractivity contribution is 0.0909. The SMILES string of the molecule is Cc1nnnn1-c1cccc(C(=O)NC2CCN(Cc3ccccc3)CC2)c1.